The van der Waals surface area contributed by atoms with Crippen LogP contribution < -0.4 is 5.32 Å². The molecule has 104 valence electrons. The molecule has 0 spiro atoms. The lowest BCUT2D eigenvalue weighted by Crippen LogP contribution is -2.34. The summed E-state index contributed by atoms with van der Waals surface area (Å²) in [6, 6.07) is 5.17. The lowest BCUT2D eigenvalue weighted by atomic mass is 10.2. The molecular formula is C13H18ClN3O2. The van der Waals surface area contributed by atoms with E-state index in [1.807, 2.05) is 0 Å². The van der Waals surface area contributed by atoms with Gasteiger partial charge in [0.2, 0.25) is 0 Å². The zero-order chi connectivity index (χ0) is 13.8. The fraction of sp³-hybridized carbons (Fsp3) is 0.538. The molecule has 0 aliphatic carbocycles. The number of nitro benzene ring substituents is 1. The van der Waals surface area contributed by atoms with Crippen LogP contribution in [0.4, 0.5) is 11.4 Å². The van der Waals surface area contributed by atoms with Crippen molar-refractivity contribution < 1.29 is 4.92 Å². The van der Waals surface area contributed by atoms with Crippen molar-refractivity contribution in [2.75, 3.05) is 25.0 Å². The fourth-order valence-electron chi connectivity index (χ4n) is 2.60. The Balaban J connectivity index is 2.09. The molecule has 5 nitrogen and oxygen atoms in total. The van der Waals surface area contributed by atoms with E-state index >= 15 is 0 Å². The maximum absolute atomic E-state index is 11.0. The lowest BCUT2D eigenvalue weighted by Gasteiger charge is -2.23. The Morgan fingerprint density at radius 2 is 2.37 bits per heavy atom. The highest BCUT2D eigenvalue weighted by Gasteiger charge is 2.24. The van der Waals surface area contributed by atoms with Crippen molar-refractivity contribution in [1.29, 1.82) is 0 Å². The molecule has 19 heavy (non-hydrogen) atoms. The summed E-state index contributed by atoms with van der Waals surface area (Å²) in [5.41, 5.74) is 0.464. The second kappa shape index (κ2) is 6.21. The maximum Gasteiger partial charge on any atom is 0.293 e. The molecule has 1 fully saturated rings. The normalized spacial score (nSPS) is 19.6. The Bertz CT molecular complexity index is 467. The van der Waals surface area contributed by atoms with E-state index < -0.39 is 4.92 Å². The molecule has 1 unspecified atom stereocenters. The van der Waals surface area contributed by atoms with E-state index in [0.717, 1.165) is 19.5 Å². The summed E-state index contributed by atoms with van der Waals surface area (Å²) >= 11 is 6.05. The highest BCUT2D eigenvalue weighted by Crippen LogP contribution is 2.32. The number of hydrogen-bond acceptors (Lipinski definition) is 4. The predicted molar refractivity (Wildman–Crippen MR) is 76.9 cm³/mol. The predicted octanol–water partition coefficient (Wildman–Crippen LogP) is 3.14. The van der Waals surface area contributed by atoms with E-state index in [9.17, 15) is 10.1 Å². The average Bonchev–Trinajstić information content (AvgIpc) is 2.84. The number of nitrogens with zero attached hydrogens (tertiary/aromatic N) is 2. The molecule has 1 aromatic rings. The van der Waals surface area contributed by atoms with E-state index in [-0.39, 0.29) is 5.69 Å². The summed E-state index contributed by atoms with van der Waals surface area (Å²) in [6.45, 7) is 4.94. The molecule has 1 saturated heterocycles. The van der Waals surface area contributed by atoms with E-state index in [1.165, 1.54) is 12.5 Å². The van der Waals surface area contributed by atoms with Crippen molar-refractivity contribution in [3.05, 3.63) is 33.3 Å². The molecule has 0 bridgehead atoms. The first kappa shape index (κ1) is 14.1. The molecule has 1 heterocycles. The van der Waals surface area contributed by atoms with Gasteiger partial charge in [0, 0.05) is 18.7 Å². The molecule has 0 saturated carbocycles. The van der Waals surface area contributed by atoms with Gasteiger partial charge in [-0.1, -0.05) is 24.6 Å². The SMILES string of the molecule is CCN1CCCC1CNc1c(Cl)cccc1[N+](=O)[O-]. The van der Waals surface area contributed by atoms with Crippen LogP contribution in [-0.4, -0.2) is 35.5 Å². The van der Waals surface area contributed by atoms with Crippen LogP contribution in [0.2, 0.25) is 5.02 Å². The van der Waals surface area contributed by atoms with Crippen LogP contribution in [0.3, 0.4) is 0 Å². The lowest BCUT2D eigenvalue weighted by molar-refractivity contribution is -0.383. The van der Waals surface area contributed by atoms with Gasteiger partial charge in [-0.3, -0.25) is 15.0 Å². The van der Waals surface area contributed by atoms with Gasteiger partial charge in [-0.25, -0.2) is 0 Å². The van der Waals surface area contributed by atoms with E-state index in [0.29, 0.717) is 23.3 Å². The summed E-state index contributed by atoms with van der Waals surface area (Å²) in [6.07, 6.45) is 2.31. The molecular weight excluding hydrogens is 266 g/mol. The van der Waals surface area contributed by atoms with Crippen LogP contribution >= 0.6 is 11.6 Å². The third kappa shape index (κ3) is 3.16. The number of hydrogen-bond donors (Lipinski definition) is 1. The number of halogens is 1. The highest BCUT2D eigenvalue weighted by atomic mass is 35.5. The van der Waals surface area contributed by atoms with Gasteiger partial charge in [-0.15, -0.1) is 0 Å². The Kier molecular flexibility index (Phi) is 4.61. The molecule has 1 atom stereocenters. The molecule has 1 aromatic carbocycles. The Hall–Kier alpha value is -1.33. The smallest absolute Gasteiger partial charge is 0.293 e. The summed E-state index contributed by atoms with van der Waals surface area (Å²) in [5.74, 6) is 0. The van der Waals surface area contributed by atoms with Crippen molar-refractivity contribution >= 4 is 23.0 Å². The number of likely N-dealkylation sites (N-methyl/N-ethyl adjacent to an activating group) is 1. The molecule has 6 heteroatoms. The quantitative estimate of drug-likeness (QED) is 0.666. The number of rotatable bonds is 5. The van der Waals surface area contributed by atoms with Crippen molar-refractivity contribution in [2.45, 2.75) is 25.8 Å². The van der Waals surface area contributed by atoms with Gasteiger partial charge in [0.1, 0.15) is 5.69 Å². The van der Waals surface area contributed by atoms with Crippen LogP contribution in [0, 0.1) is 10.1 Å². The number of nitro groups is 1. The number of para-hydroxylation sites is 1. The monoisotopic (exact) mass is 283 g/mol. The molecule has 0 radical (unpaired) electrons. The van der Waals surface area contributed by atoms with Gasteiger partial charge in [0.25, 0.3) is 5.69 Å². The average molecular weight is 284 g/mol. The minimum absolute atomic E-state index is 0.0357. The third-order valence-corrected chi connectivity index (χ3v) is 3.92. The minimum Gasteiger partial charge on any atom is -0.377 e. The van der Waals surface area contributed by atoms with Crippen molar-refractivity contribution in [1.82, 2.24) is 4.90 Å². The number of nitrogens with one attached hydrogen (secondary N) is 1. The topological polar surface area (TPSA) is 58.4 Å². The molecule has 1 aliphatic rings. The van der Waals surface area contributed by atoms with Crippen LogP contribution in [-0.2, 0) is 0 Å². The molecule has 2 rings (SSSR count). The van der Waals surface area contributed by atoms with Crippen LogP contribution in [0.25, 0.3) is 0 Å². The Morgan fingerprint density at radius 1 is 1.58 bits per heavy atom. The van der Waals surface area contributed by atoms with Crippen LogP contribution in [0.15, 0.2) is 18.2 Å². The van der Waals surface area contributed by atoms with Gasteiger partial charge in [-0.2, -0.15) is 0 Å². The van der Waals surface area contributed by atoms with Crippen molar-refractivity contribution in [3.8, 4) is 0 Å². The number of likely N-dealkylation sites (tertiary alicyclic amines) is 1. The van der Waals surface area contributed by atoms with E-state index in [2.05, 4.69) is 17.1 Å². The second-order valence-electron chi connectivity index (χ2n) is 4.70. The summed E-state index contributed by atoms with van der Waals surface area (Å²) in [7, 11) is 0. The van der Waals surface area contributed by atoms with Gasteiger partial charge in [-0.05, 0) is 32.0 Å². The molecule has 0 amide bonds. The van der Waals surface area contributed by atoms with Crippen LogP contribution in [0.1, 0.15) is 19.8 Å². The summed E-state index contributed by atoms with van der Waals surface area (Å²) in [5, 5.41) is 14.5. The fourth-order valence-corrected chi connectivity index (χ4v) is 2.84. The van der Waals surface area contributed by atoms with Crippen molar-refractivity contribution in [2.24, 2.45) is 0 Å². The summed E-state index contributed by atoms with van der Waals surface area (Å²) in [4.78, 5) is 13.0. The molecule has 1 N–H and O–H groups in total. The van der Waals surface area contributed by atoms with E-state index in [1.54, 1.807) is 12.1 Å². The first-order chi connectivity index (χ1) is 9.13. The first-order valence-corrected chi connectivity index (χ1v) is 6.92. The van der Waals surface area contributed by atoms with Gasteiger partial charge >= 0.3 is 0 Å². The Labute approximate surface area is 117 Å². The Morgan fingerprint density at radius 3 is 3.05 bits per heavy atom. The largest absolute Gasteiger partial charge is 0.377 e. The number of anilines is 1. The number of benzene rings is 1. The first-order valence-electron chi connectivity index (χ1n) is 6.54. The highest BCUT2D eigenvalue weighted by molar-refractivity contribution is 6.33. The zero-order valence-electron chi connectivity index (χ0n) is 10.9. The molecule has 1 aliphatic heterocycles. The van der Waals surface area contributed by atoms with Gasteiger partial charge in [0.15, 0.2) is 0 Å². The maximum atomic E-state index is 11.0. The summed E-state index contributed by atoms with van der Waals surface area (Å²) < 4.78 is 0. The zero-order valence-corrected chi connectivity index (χ0v) is 11.7. The van der Waals surface area contributed by atoms with Crippen molar-refractivity contribution in [3.63, 3.8) is 0 Å². The van der Waals surface area contributed by atoms with Crippen LogP contribution in [0.5, 0.6) is 0 Å². The minimum atomic E-state index is -0.402. The third-order valence-electron chi connectivity index (χ3n) is 3.61. The van der Waals surface area contributed by atoms with Gasteiger partial charge in [0.05, 0.1) is 9.95 Å². The molecule has 0 aromatic heterocycles. The standard InChI is InChI=1S/C13H18ClN3O2/c1-2-16-8-4-5-10(16)9-15-13-11(14)6-3-7-12(13)17(18)19/h3,6-7,10,15H,2,4-5,8-9H2,1H3. The van der Waals surface area contributed by atoms with Gasteiger partial charge < -0.3 is 5.32 Å². The second-order valence-corrected chi connectivity index (χ2v) is 5.10. The van der Waals surface area contributed by atoms with E-state index in [4.69, 9.17) is 11.6 Å².